The predicted octanol–water partition coefficient (Wildman–Crippen LogP) is 5.37. The number of carbonyl (C=O) groups is 2. The fourth-order valence-electron chi connectivity index (χ4n) is 2.18. The van der Waals surface area contributed by atoms with Crippen molar-refractivity contribution >= 4 is 106 Å². The van der Waals surface area contributed by atoms with E-state index in [1.807, 2.05) is 13.0 Å². The van der Waals surface area contributed by atoms with Crippen molar-refractivity contribution in [1.82, 2.24) is 0 Å². The van der Waals surface area contributed by atoms with Gasteiger partial charge >= 0.3 is 11.9 Å². The van der Waals surface area contributed by atoms with Crippen LogP contribution in [0.15, 0.2) is 36.4 Å². The Hall–Kier alpha value is -0.150. The summed E-state index contributed by atoms with van der Waals surface area (Å²) in [4.78, 5) is 20.5. The molecule has 6 nitrogen and oxygen atoms in total. The van der Waals surface area contributed by atoms with Gasteiger partial charge in [-0.3, -0.25) is 9.59 Å². The first kappa shape index (κ1) is 34.0. The Bertz CT molecular complexity index is 783. The summed E-state index contributed by atoms with van der Waals surface area (Å²) in [6, 6.07) is 10.3. The number of carboxylic acid groups (broad SMARTS) is 2. The molecule has 0 saturated carbocycles. The predicted molar refractivity (Wildman–Crippen MR) is 129 cm³/mol. The van der Waals surface area contributed by atoms with Gasteiger partial charge in [-0.1, -0.05) is 34.8 Å². The van der Waals surface area contributed by atoms with Crippen molar-refractivity contribution in [3.63, 3.8) is 0 Å². The van der Waals surface area contributed by atoms with Crippen LogP contribution in [0.3, 0.4) is 0 Å². The van der Waals surface area contributed by atoms with Gasteiger partial charge < -0.3 is 19.7 Å². The Morgan fingerprint density at radius 3 is 1.66 bits per heavy atom. The summed E-state index contributed by atoms with van der Waals surface area (Å²) in [5.74, 6) is -0.358. The fourth-order valence-corrected chi connectivity index (χ4v) is 2.87. The molecule has 0 aliphatic carbocycles. The van der Waals surface area contributed by atoms with Gasteiger partial charge in [0.05, 0.1) is 18.2 Å². The zero-order valence-corrected chi connectivity index (χ0v) is 24.6. The van der Waals surface area contributed by atoms with Gasteiger partial charge in [0.25, 0.3) is 0 Å². The van der Waals surface area contributed by atoms with Crippen LogP contribution in [0, 0.1) is 6.92 Å². The molecule has 2 aromatic rings. The summed E-state index contributed by atoms with van der Waals surface area (Å²) in [6.07, 6.45) is 1.18. The molecule has 0 aliphatic rings. The first-order valence-electron chi connectivity index (χ1n) is 9.09. The number of aryl methyl sites for hydroxylation is 1. The minimum absolute atomic E-state index is 0. The minimum Gasteiger partial charge on any atom is -0.493 e. The molecule has 0 heterocycles. The summed E-state index contributed by atoms with van der Waals surface area (Å²) < 4.78 is 10.7. The standard InChI is InChI=1S/C11H13ClO3.C10H10Cl2O3.2Na/c1-8-7-9(12)4-5-10(8)15-6-2-3-11(13)14;11-7-3-4-9(8(12)6-7)15-5-1-2-10(13)14;;/h4-5,7H,2-3,6H2,1H3,(H,13,14);3-4,6H,1-2,5H2,(H,13,14);;. The third kappa shape index (κ3) is 15.6. The number of halogens is 3. The molecule has 0 aromatic heterocycles. The number of benzene rings is 2. The van der Waals surface area contributed by atoms with E-state index in [9.17, 15) is 9.59 Å². The summed E-state index contributed by atoms with van der Waals surface area (Å²) >= 11 is 17.3. The second kappa shape index (κ2) is 19.2. The molecule has 0 atom stereocenters. The van der Waals surface area contributed by atoms with Gasteiger partial charge in [0.1, 0.15) is 11.5 Å². The molecular weight excluding hydrogens is 501 g/mol. The van der Waals surface area contributed by atoms with Gasteiger partial charge in [-0.25, -0.2) is 0 Å². The number of aliphatic carboxylic acids is 2. The Morgan fingerprint density at radius 1 is 0.781 bits per heavy atom. The summed E-state index contributed by atoms with van der Waals surface area (Å²) in [5, 5.41) is 18.5. The van der Waals surface area contributed by atoms with Crippen molar-refractivity contribution in [2.75, 3.05) is 13.2 Å². The van der Waals surface area contributed by atoms with E-state index in [2.05, 4.69) is 0 Å². The van der Waals surface area contributed by atoms with E-state index >= 15 is 0 Å². The molecule has 0 aliphatic heterocycles. The van der Waals surface area contributed by atoms with Gasteiger partial charge in [0, 0.05) is 82.0 Å². The number of hydrogen-bond donors (Lipinski definition) is 2. The maximum atomic E-state index is 10.2. The van der Waals surface area contributed by atoms with Crippen LogP contribution < -0.4 is 9.47 Å². The van der Waals surface area contributed by atoms with Crippen LogP contribution in [0.25, 0.3) is 0 Å². The van der Waals surface area contributed by atoms with E-state index < -0.39 is 11.9 Å². The van der Waals surface area contributed by atoms with Crippen LogP contribution in [0.5, 0.6) is 11.5 Å². The molecule has 0 fully saturated rings. The van der Waals surface area contributed by atoms with Crippen molar-refractivity contribution in [2.24, 2.45) is 0 Å². The van der Waals surface area contributed by atoms with E-state index in [-0.39, 0.29) is 72.0 Å². The maximum absolute atomic E-state index is 10.2. The number of rotatable bonds is 10. The Labute approximate surface area is 247 Å². The molecule has 0 saturated heterocycles. The Morgan fingerprint density at radius 2 is 1.22 bits per heavy atom. The molecule has 11 heteroatoms. The maximum Gasteiger partial charge on any atom is 0.303 e. The van der Waals surface area contributed by atoms with E-state index in [0.717, 1.165) is 11.3 Å². The summed E-state index contributed by atoms with van der Waals surface area (Å²) in [7, 11) is 0. The molecule has 0 amide bonds. The first-order valence-corrected chi connectivity index (χ1v) is 10.2. The second-order valence-corrected chi connectivity index (χ2v) is 7.46. The molecule has 0 unspecified atom stereocenters. The minimum atomic E-state index is -0.833. The molecule has 166 valence electrons. The van der Waals surface area contributed by atoms with Crippen molar-refractivity contribution in [3.05, 3.63) is 57.0 Å². The van der Waals surface area contributed by atoms with Crippen molar-refractivity contribution in [3.8, 4) is 11.5 Å². The van der Waals surface area contributed by atoms with Crippen LogP contribution in [0.4, 0.5) is 0 Å². The van der Waals surface area contributed by atoms with Gasteiger partial charge in [0.15, 0.2) is 0 Å². The van der Waals surface area contributed by atoms with Crippen LogP contribution in [-0.2, 0) is 9.59 Å². The van der Waals surface area contributed by atoms with Crippen LogP contribution in [-0.4, -0.2) is 94.5 Å². The molecule has 2 rings (SSSR count). The van der Waals surface area contributed by atoms with Crippen LogP contribution in [0.2, 0.25) is 15.1 Å². The fraction of sp³-hybridized carbons (Fsp3) is 0.333. The van der Waals surface area contributed by atoms with Crippen LogP contribution >= 0.6 is 34.8 Å². The normalized spacial score (nSPS) is 9.38. The molecule has 0 bridgehead atoms. The molecule has 2 N–H and O–H groups in total. The van der Waals surface area contributed by atoms with Crippen LogP contribution in [0.1, 0.15) is 31.2 Å². The molecular formula is C21H23Cl3Na2O6. The van der Waals surface area contributed by atoms with Crippen molar-refractivity contribution in [2.45, 2.75) is 32.6 Å². The van der Waals surface area contributed by atoms with E-state index in [1.165, 1.54) is 0 Å². The van der Waals surface area contributed by atoms with Gasteiger partial charge in [0.2, 0.25) is 0 Å². The second-order valence-electron chi connectivity index (χ2n) is 6.18. The largest absolute Gasteiger partial charge is 0.493 e. The third-order valence-corrected chi connectivity index (χ3v) is 4.38. The zero-order chi connectivity index (χ0) is 22.5. The van der Waals surface area contributed by atoms with Gasteiger partial charge in [-0.05, 0) is 61.7 Å². The number of carboxylic acids is 2. The van der Waals surface area contributed by atoms with Gasteiger partial charge in [-0.15, -0.1) is 0 Å². The first-order chi connectivity index (χ1) is 14.2. The van der Waals surface area contributed by atoms with E-state index in [4.69, 9.17) is 54.5 Å². The molecule has 2 aromatic carbocycles. The summed E-state index contributed by atoms with van der Waals surface area (Å²) in [6.45, 7) is 2.64. The third-order valence-electron chi connectivity index (χ3n) is 3.62. The Balaban J connectivity index is 0. The van der Waals surface area contributed by atoms with Crippen molar-refractivity contribution in [1.29, 1.82) is 0 Å². The SMILES string of the molecule is Cc1cc(Cl)ccc1OCCCC(=O)O.O=C(O)CCCOc1ccc(Cl)cc1Cl.[Na].[Na]. The quantitative estimate of drug-likeness (QED) is 0.321. The van der Waals surface area contributed by atoms with E-state index in [0.29, 0.717) is 46.9 Å². The average Bonchev–Trinajstić information content (AvgIpc) is 2.65. The zero-order valence-electron chi connectivity index (χ0n) is 18.4. The van der Waals surface area contributed by atoms with Gasteiger partial charge in [-0.2, -0.15) is 0 Å². The molecule has 0 spiro atoms. The molecule has 32 heavy (non-hydrogen) atoms. The average molecular weight is 524 g/mol. The topological polar surface area (TPSA) is 93.1 Å². The van der Waals surface area contributed by atoms with E-state index in [1.54, 1.807) is 30.3 Å². The monoisotopic (exact) mass is 522 g/mol. The number of hydrogen-bond acceptors (Lipinski definition) is 4. The molecule has 2 radical (unpaired) electrons. The number of ether oxygens (including phenoxy) is 2. The smallest absolute Gasteiger partial charge is 0.303 e. The van der Waals surface area contributed by atoms with Crippen molar-refractivity contribution < 1.29 is 29.3 Å². The summed E-state index contributed by atoms with van der Waals surface area (Å²) in [5.41, 5.74) is 0.956. The Kier molecular flexibility index (Phi) is 20.4.